The van der Waals surface area contributed by atoms with Crippen LogP contribution in [0, 0.1) is 53.3 Å². The molecule has 13 heterocycles. The summed E-state index contributed by atoms with van der Waals surface area (Å²) in [5.41, 5.74) is 12.3. The summed E-state index contributed by atoms with van der Waals surface area (Å²) in [5.74, 6) is 14.0. The minimum absolute atomic E-state index is 0. The molecule has 4 amide bonds. The summed E-state index contributed by atoms with van der Waals surface area (Å²) in [6, 6.07) is 25.2. The van der Waals surface area contributed by atoms with Crippen molar-refractivity contribution in [2.24, 2.45) is 47.2 Å². The number of nitrogen functional groups attached to an aromatic ring is 1. The second-order valence-electron chi connectivity index (χ2n) is 33.1. The van der Waals surface area contributed by atoms with Gasteiger partial charge in [0.05, 0.1) is 34.8 Å². The van der Waals surface area contributed by atoms with Crippen molar-refractivity contribution in [1.29, 1.82) is 5.41 Å². The number of ether oxygens (including phenoxy) is 2. The second-order valence-corrected chi connectivity index (χ2v) is 36.5. The molecule has 12 aromatic rings. The van der Waals surface area contributed by atoms with Crippen molar-refractivity contribution in [1.82, 2.24) is 97.4 Å². The molecule has 10 atom stereocenters. The van der Waals surface area contributed by atoms with Crippen molar-refractivity contribution >= 4 is 178 Å². The molecular weight excluding hydrogens is 1720 g/mol. The largest absolute Gasteiger partial charge is 0.426 e. The number of hydrogen-bond acceptors (Lipinski definition) is 30. The predicted molar refractivity (Wildman–Crippen MR) is 486 cm³/mol. The minimum Gasteiger partial charge on any atom is -0.426 e. The van der Waals surface area contributed by atoms with Gasteiger partial charge in [0, 0.05) is 154 Å². The third-order valence-corrected chi connectivity index (χ3v) is 27.1. The molecule has 3 saturated heterocycles. The van der Waals surface area contributed by atoms with Crippen molar-refractivity contribution in [3.63, 3.8) is 0 Å². The number of urea groups is 2. The molecule has 0 radical (unpaired) electrons. The van der Waals surface area contributed by atoms with Crippen LogP contribution in [0.5, 0.6) is 11.5 Å². The Labute approximate surface area is 749 Å². The number of fused-ring (bicyclic) bond motifs is 6. The first-order valence-corrected chi connectivity index (χ1v) is 45.2. The molecule has 8 saturated carbocycles. The number of aromatic amines is 3. The Bertz CT molecular complexity index is 5370. The molecule has 34 nitrogen and oxygen atoms in total. The highest BCUT2D eigenvalue weighted by molar-refractivity contribution is 7.10. The second kappa shape index (κ2) is 40.1. The van der Waals surface area contributed by atoms with Gasteiger partial charge in [-0.25, -0.2) is 64.2 Å². The quantitative estimate of drug-likeness (QED) is 0.0102. The number of para-hydroxylation sites is 2. The molecule has 11 N–H and O–H groups in total. The number of halogens is 3. The van der Waals surface area contributed by atoms with Gasteiger partial charge in [-0.05, 0) is 192 Å². The highest BCUT2D eigenvalue weighted by Crippen LogP contribution is 2.47. The molecule has 4 unspecified atom stereocenters. The fourth-order valence-corrected chi connectivity index (χ4v) is 19.7. The molecule has 8 aliphatic carbocycles. The molecule has 10 aromatic heterocycles. The molecule has 3 aliphatic heterocycles. The number of rotatable bonds is 17. The summed E-state index contributed by atoms with van der Waals surface area (Å²) in [6.45, 7) is 5.60. The Kier molecular flexibility index (Phi) is 28.6. The zero-order chi connectivity index (χ0) is 83.9. The van der Waals surface area contributed by atoms with Gasteiger partial charge in [0.25, 0.3) is 0 Å². The smallest absolute Gasteiger partial charge is 0.409 e. The van der Waals surface area contributed by atoms with E-state index in [0.717, 1.165) is 157 Å². The Morgan fingerprint density at radius 3 is 1.27 bits per heavy atom. The van der Waals surface area contributed by atoms with Crippen LogP contribution in [0.25, 0.3) is 33.1 Å². The summed E-state index contributed by atoms with van der Waals surface area (Å²) >= 11 is 10.1. The molecular formula is C83H100Cl3N28O6S4+. The average Bonchev–Trinajstić information content (AvgIpc) is 1.64. The predicted octanol–water partition coefficient (Wildman–Crippen LogP) is 14.5. The van der Waals surface area contributed by atoms with E-state index in [1.54, 1.807) is 55.4 Å². The first-order chi connectivity index (χ1) is 59.4. The van der Waals surface area contributed by atoms with Crippen LogP contribution in [0.4, 0.5) is 47.2 Å². The molecule has 23 rings (SSSR count). The van der Waals surface area contributed by atoms with Crippen molar-refractivity contribution in [2.45, 2.75) is 145 Å². The van der Waals surface area contributed by atoms with E-state index in [0.29, 0.717) is 109 Å². The molecule has 41 heteroatoms. The molecule has 11 aliphatic rings. The van der Waals surface area contributed by atoms with E-state index in [4.69, 9.17) is 33.2 Å². The number of carbonyl (C=O) groups is 4. The third kappa shape index (κ3) is 22.4. The van der Waals surface area contributed by atoms with Crippen LogP contribution in [0.1, 0.15) is 148 Å². The number of anilines is 6. The number of nitrogens with zero attached hydrogens (tertiary/aromatic N) is 19. The fraction of sp³-hybridized carbons (Fsp3) is 0.470. The third-order valence-electron chi connectivity index (χ3n) is 24.4. The first-order valence-electron chi connectivity index (χ1n) is 41.7. The monoisotopic (exact) mass is 1820 g/mol. The van der Waals surface area contributed by atoms with Crippen molar-refractivity contribution in [3.8, 4) is 11.5 Å². The maximum absolute atomic E-state index is 12.7. The van der Waals surface area contributed by atoms with Gasteiger partial charge in [-0.2, -0.15) is 17.5 Å². The van der Waals surface area contributed by atoms with Crippen LogP contribution in [0.2, 0.25) is 0 Å². The summed E-state index contributed by atoms with van der Waals surface area (Å²) in [5, 5.41) is 22.0. The number of carbonyl (C=O) groups excluding carboxylic acids is 4. The van der Waals surface area contributed by atoms with Crippen LogP contribution in [-0.4, -0.2) is 200 Å². The van der Waals surface area contributed by atoms with Gasteiger partial charge < -0.3 is 65.7 Å². The Balaban J connectivity index is 0.000000118. The Hall–Kier alpha value is -10.6. The molecule has 11 fully saturated rings. The summed E-state index contributed by atoms with van der Waals surface area (Å²) in [4.78, 5) is 111. The average molecular weight is 1820 g/mol. The van der Waals surface area contributed by atoms with Gasteiger partial charge in [0.15, 0.2) is 16.9 Å². The van der Waals surface area contributed by atoms with Gasteiger partial charge in [-0.15, -0.1) is 24.8 Å². The van der Waals surface area contributed by atoms with E-state index in [9.17, 15) is 19.2 Å². The number of esters is 1. The van der Waals surface area contributed by atoms with E-state index in [1.165, 1.54) is 111 Å². The van der Waals surface area contributed by atoms with Crippen LogP contribution in [0.15, 0.2) is 116 Å². The lowest BCUT2D eigenvalue weighted by Crippen LogP contribution is -2.36. The van der Waals surface area contributed by atoms with Gasteiger partial charge in [-0.3, -0.25) is 20.8 Å². The first kappa shape index (κ1) is 88.3. The molecule has 2 aromatic carbocycles. The number of H-pyrrole nitrogens is 3. The minimum atomic E-state index is -0.814. The number of aromatic nitrogens is 17. The van der Waals surface area contributed by atoms with Crippen LogP contribution < -0.4 is 51.6 Å². The van der Waals surface area contributed by atoms with Gasteiger partial charge in [0.2, 0.25) is 10.3 Å². The molecule has 0 bridgehead atoms. The topological polar surface area (TPSA) is 443 Å². The zero-order valence-corrected chi connectivity index (χ0v) is 74.3. The Morgan fingerprint density at radius 1 is 0.516 bits per heavy atom. The number of nitrogens with two attached hydrogens (primary N) is 2. The van der Waals surface area contributed by atoms with E-state index in [-0.39, 0.29) is 49.3 Å². The standard InChI is InChI=1S/2C20H24N8OS.C14H19N5.C13H11N2O2S.C7H5ClO2.C5H7N3S.C4H8N2.2ClH/c2*1-27(18-15-4-5-21-17(15)22-10-23-18)14-6-12-8-28(9-13(12)7-14)20(29)25-19-24-16(26-30-19)11-2-3-11;1-19(11-4-9-6-15-7-10(9)5-11)14-12-2-3-16-13(12)17-8-18-14;16-12(17-10-4-2-1-3-5-10)8-11-14-13(15-18-11)9-6-7-9;8-7(9)10-6-4-2-1-3-5-6;6-5-7-4(8-9-5)3-1-2-3;5-4(6)3-1-2-3;;/h2*4-5,10-14H,2-3,6-9H2,1H3,(H,21,22,23)(H,24,25,26,29);2-3,8-11,15H,4-7H2,1H3,(H,16,17,18);1-6,9H,7-8H2;1-5H;3H,1-2H2,(H2,6,7,8);3H,1-2H2,(H3,5,6);2*1H/q;;;+1;;;;;/t2*12-,13+,14?;9-,10+,11?;;;;;;. The number of amides is 4. The highest BCUT2D eigenvalue weighted by atomic mass is 35.5. The maximum Gasteiger partial charge on any atom is 0.409 e. The van der Waals surface area contributed by atoms with Crippen LogP contribution >= 0.6 is 82.5 Å². The lowest BCUT2D eigenvalue weighted by molar-refractivity contribution is -0.133. The van der Waals surface area contributed by atoms with Gasteiger partial charge in [0.1, 0.15) is 93.8 Å². The maximum atomic E-state index is 12.7. The molecule has 0 spiro atoms. The zero-order valence-electron chi connectivity index (χ0n) is 68.6. The number of likely N-dealkylation sites (tertiary alicyclic amines) is 2. The number of hydrogen-bond donors (Lipinski definition) is 9. The van der Waals surface area contributed by atoms with Crippen molar-refractivity contribution in [2.75, 3.05) is 91.5 Å². The van der Waals surface area contributed by atoms with E-state index in [1.807, 2.05) is 64.8 Å². The van der Waals surface area contributed by atoms with Crippen LogP contribution in [0.3, 0.4) is 0 Å². The lowest BCUT2D eigenvalue weighted by atomic mass is 10.0. The van der Waals surface area contributed by atoms with Gasteiger partial charge >= 0.3 is 23.5 Å². The lowest BCUT2D eigenvalue weighted by Gasteiger charge is -2.27. The van der Waals surface area contributed by atoms with E-state index >= 15 is 0 Å². The van der Waals surface area contributed by atoms with Crippen LogP contribution in [-0.2, 0) is 11.2 Å². The summed E-state index contributed by atoms with van der Waals surface area (Å²) < 4.78 is 26.8. The summed E-state index contributed by atoms with van der Waals surface area (Å²) in [6.07, 6.45) is 30.3. The normalized spacial score (nSPS) is 22.5. The molecule has 124 heavy (non-hydrogen) atoms. The number of nitrogens with one attached hydrogen (secondary N) is 7. The Morgan fingerprint density at radius 2 is 0.903 bits per heavy atom. The fourth-order valence-electron chi connectivity index (χ4n) is 17.1. The number of benzene rings is 2. The highest BCUT2D eigenvalue weighted by Gasteiger charge is 2.47. The molecule has 652 valence electrons. The van der Waals surface area contributed by atoms with Gasteiger partial charge in [-0.1, -0.05) is 36.4 Å². The SMILES string of the molecule is CN(c1ncnc2[nH]ccc12)C1C[C@@H]2CN(C(=O)Nc3nc(C4CC4)ns3)C[C@@H]2C1.CN(c1ncnc2[nH]ccc12)C1C[C@@H]2CN(C(=O)Nc3nc(C4CC4)ns3)C[C@@H]2C1.CN(c1ncnc2[nH]ccc12)C1C[C@H]2CNC[C@H]2C1.Cl.Cl.N=C(N)C1CC1.Nc1nc(C2CC2)ns1.O=C(Cc1nc(C2[CH+]C2)ns1)Oc1ccccc1.O=C(Cl)Oc1ccccc1. The van der Waals surface area contributed by atoms with E-state index in [2.05, 4.69) is 151 Å². The number of amidine groups is 1. The van der Waals surface area contributed by atoms with Crippen molar-refractivity contribution in [3.05, 3.63) is 151 Å². The van der Waals surface area contributed by atoms with E-state index < -0.39 is 5.43 Å². The van der Waals surface area contributed by atoms with Crippen molar-refractivity contribution < 1.29 is 28.7 Å². The summed E-state index contributed by atoms with van der Waals surface area (Å²) in [7, 11) is 6.42.